The van der Waals surface area contributed by atoms with Crippen LogP contribution in [0, 0.1) is 5.92 Å². The van der Waals surface area contributed by atoms with E-state index in [9.17, 15) is 27.6 Å². The Kier molecular flexibility index (Phi) is 8.55. The Morgan fingerprint density at radius 3 is 2.30 bits per heavy atom. The molecule has 2 N–H and O–H groups in total. The van der Waals surface area contributed by atoms with Crippen molar-refractivity contribution in [3.05, 3.63) is 34.9 Å². The third-order valence-corrected chi connectivity index (χ3v) is 3.94. The van der Waals surface area contributed by atoms with E-state index in [0.717, 1.165) is 0 Å². The molecule has 0 aromatic heterocycles. The van der Waals surface area contributed by atoms with Crippen LogP contribution in [0.4, 0.5) is 13.2 Å². The van der Waals surface area contributed by atoms with Gasteiger partial charge >= 0.3 is 12.1 Å². The van der Waals surface area contributed by atoms with E-state index in [1.165, 1.54) is 24.3 Å². The van der Waals surface area contributed by atoms with Gasteiger partial charge in [0.15, 0.2) is 6.61 Å². The highest BCUT2D eigenvalue weighted by atomic mass is 35.5. The second kappa shape index (κ2) is 10.1. The van der Waals surface area contributed by atoms with E-state index < -0.39 is 43.2 Å². The molecule has 0 spiro atoms. The number of halogens is 4. The summed E-state index contributed by atoms with van der Waals surface area (Å²) in [5, 5.41) is 4.55. The molecule has 6 nitrogen and oxygen atoms in total. The van der Waals surface area contributed by atoms with Gasteiger partial charge in [-0.3, -0.25) is 9.59 Å². The minimum Gasteiger partial charge on any atom is -0.454 e. The number of ether oxygens (including phenoxy) is 1. The van der Waals surface area contributed by atoms with Gasteiger partial charge in [0.1, 0.15) is 12.6 Å². The van der Waals surface area contributed by atoms with Crippen LogP contribution in [0.1, 0.15) is 30.6 Å². The smallest absolute Gasteiger partial charge is 0.405 e. The molecule has 0 aliphatic heterocycles. The Bertz CT molecular complexity index is 665. The zero-order chi connectivity index (χ0) is 20.6. The maximum atomic E-state index is 12.3. The Morgan fingerprint density at radius 1 is 1.19 bits per heavy atom. The van der Waals surface area contributed by atoms with Crippen LogP contribution in [0.2, 0.25) is 5.02 Å². The van der Waals surface area contributed by atoms with E-state index in [0.29, 0.717) is 11.4 Å². The first-order chi connectivity index (χ1) is 12.5. The summed E-state index contributed by atoms with van der Waals surface area (Å²) in [7, 11) is 0. The summed E-state index contributed by atoms with van der Waals surface area (Å²) in [5.41, 5.74) is 0.267. The zero-order valence-electron chi connectivity index (χ0n) is 14.7. The van der Waals surface area contributed by atoms with E-state index >= 15 is 0 Å². The number of carbonyl (C=O) groups excluding carboxylic acids is 3. The van der Waals surface area contributed by atoms with Crippen LogP contribution in [0.15, 0.2) is 24.3 Å². The first-order valence-electron chi connectivity index (χ1n) is 8.10. The fraction of sp³-hybridized carbons (Fsp3) is 0.471. The van der Waals surface area contributed by atoms with Gasteiger partial charge < -0.3 is 15.4 Å². The predicted octanol–water partition coefficient (Wildman–Crippen LogP) is 2.71. The quantitative estimate of drug-likeness (QED) is 0.648. The molecule has 2 unspecified atom stereocenters. The highest BCUT2D eigenvalue weighted by molar-refractivity contribution is 6.30. The Balaban J connectivity index is 2.67. The standard InChI is InChI=1S/C17H20ClF3N2O4/c1-3-10(2)14(23-15(25)11-4-6-12(18)7-5-11)16(26)27-8-13(24)22-9-17(19,20)21/h4-7,10,14H,3,8-9H2,1-2H3,(H,22,24)(H,23,25). The molecule has 1 aromatic rings. The van der Waals surface area contributed by atoms with Gasteiger partial charge in [-0.25, -0.2) is 4.79 Å². The summed E-state index contributed by atoms with van der Waals surface area (Å²) in [6.45, 7) is 1.08. The molecule has 150 valence electrons. The molecule has 1 rings (SSSR count). The molecule has 0 fully saturated rings. The van der Waals surface area contributed by atoms with Crippen molar-refractivity contribution in [1.82, 2.24) is 10.6 Å². The van der Waals surface area contributed by atoms with Crippen molar-refractivity contribution in [2.24, 2.45) is 5.92 Å². The lowest BCUT2D eigenvalue weighted by Crippen LogP contribution is -2.47. The predicted molar refractivity (Wildman–Crippen MR) is 92.2 cm³/mol. The van der Waals surface area contributed by atoms with Gasteiger partial charge in [-0.15, -0.1) is 0 Å². The number of carbonyl (C=O) groups is 3. The van der Waals surface area contributed by atoms with Crippen molar-refractivity contribution in [3.63, 3.8) is 0 Å². The molecular weight excluding hydrogens is 389 g/mol. The van der Waals surface area contributed by atoms with Gasteiger partial charge in [0.25, 0.3) is 11.8 Å². The summed E-state index contributed by atoms with van der Waals surface area (Å²) in [5.74, 6) is -2.87. The Hall–Kier alpha value is -2.29. The van der Waals surface area contributed by atoms with Crippen LogP contribution < -0.4 is 10.6 Å². The van der Waals surface area contributed by atoms with Crippen molar-refractivity contribution < 1.29 is 32.3 Å². The van der Waals surface area contributed by atoms with Gasteiger partial charge in [0.2, 0.25) is 0 Å². The fourth-order valence-corrected chi connectivity index (χ4v) is 2.10. The zero-order valence-corrected chi connectivity index (χ0v) is 15.5. The first kappa shape index (κ1) is 22.8. The van der Waals surface area contributed by atoms with Gasteiger partial charge in [0.05, 0.1) is 0 Å². The number of hydrogen-bond donors (Lipinski definition) is 2. The van der Waals surface area contributed by atoms with Crippen LogP contribution in [-0.2, 0) is 14.3 Å². The van der Waals surface area contributed by atoms with Crippen molar-refractivity contribution in [2.45, 2.75) is 32.5 Å². The lowest BCUT2D eigenvalue weighted by Gasteiger charge is -2.22. The summed E-state index contributed by atoms with van der Waals surface area (Å²) in [4.78, 5) is 35.8. The van der Waals surface area contributed by atoms with Gasteiger partial charge in [-0.1, -0.05) is 31.9 Å². The third kappa shape index (κ3) is 8.29. The molecule has 0 aliphatic rings. The minimum absolute atomic E-state index is 0.267. The van der Waals surface area contributed by atoms with Crippen LogP contribution >= 0.6 is 11.6 Å². The topological polar surface area (TPSA) is 84.5 Å². The van der Waals surface area contributed by atoms with Gasteiger partial charge in [-0.2, -0.15) is 13.2 Å². The first-order valence-corrected chi connectivity index (χ1v) is 8.47. The third-order valence-electron chi connectivity index (χ3n) is 3.69. The molecule has 0 saturated carbocycles. The number of alkyl halides is 3. The van der Waals surface area contributed by atoms with E-state index in [-0.39, 0.29) is 11.5 Å². The molecule has 0 saturated heterocycles. The number of rotatable bonds is 8. The van der Waals surface area contributed by atoms with Crippen LogP contribution in [0.25, 0.3) is 0 Å². The molecule has 27 heavy (non-hydrogen) atoms. The van der Waals surface area contributed by atoms with Crippen molar-refractivity contribution >= 4 is 29.4 Å². The number of benzene rings is 1. The summed E-state index contributed by atoms with van der Waals surface area (Å²) >= 11 is 5.76. The van der Waals surface area contributed by atoms with Crippen molar-refractivity contribution in [3.8, 4) is 0 Å². The van der Waals surface area contributed by atoms with Crippen molar-refractivity contribution in [2.75, 3.05) is 13.2 Å². The Labute approximate surface area is 159 Å². The highest BCUT2D eigenvalue weighted by Gasteiger charge is 2.30. The molecule has 1 aromatic carbocycles. The lowest BCUT2D eigenvalue weighted by molar-refractivity contribution is -0.153. The maximum absolute atomic E-state index is 12.3. The average Bonchev–Trinajstić information content (AvgIpc) is 2.61. The molecule has 0 bridgehead atoms. The molecule has 0 radical (unpaired) electrons. The molecule has 2 amide bonds. The number of hydrogen-bond acceptors (Lipinski definition) is 4. The van der Waals surface area contributed by atoms with E-state index in [1.54, 1.807) is 19.2 Å². The van der Waals surface area contributed by atoms with E-state index in [1.807, 2.05) is 0 Å². The summed E-state index contributed by atoms with van der Waals surface area (Å²) in [6, 6.07) is 4.91. The number of amides is 2. The maximum Gasteiger partial charge on any atom is 0.405 e. The van der Waals surface area contributed by atoms with Gasteiger partial charge in [-0.05, 0) is 30.2 Å². The molecular formula is C17H20ClF3N2O4. The Morgan fingerprint density at radius 2 is 1.78 bits per heavy atom. The summed E-state index contributed by atoms with van der Waals surface area (Å²) < 4.78 is 40.9. The molecule has 0 aliphatic carbocycles. The molecule has 10 heteroatoms. The lowest BCUT2D eigenvalue weighted by atomic mass is 9.99. The summed E-state index contributed by atoms with van der Waals surface area (Å²) in [6.07, 6.45) is -4.05. The van der Waals surface area contributed by atoms with Crippen LogP contribution in [-0.4, -0.2) is 43.2 Å². The number of nitrogens with one attached hydrogen (secondary N) is 2. The fourth-order valence-electron chi connectivity index (χ4n) is 1.97. The van der Waals surface area contributed by atoms with Crippen LogP contribution in [0.5, 0.6) is 0 Å². The monoisotopic (exact) mass is 408 g/mol. The second-order valence-electron chi connectivity index (χ2n) is 5.84. The highest BCUT2D eigenvalue weighted by Crippen LogP contribution is 2.14. The largest absolute Gasteiger partial charge is 0.454 e. The van der Waals surface area contributed by atoms with Gasteiger partial charge in [0, 0.05) is 10.6 Å². The SMILES string of the molecule is CCC(C)C(NC(=O)c1ccc(Cl)cc1)C(=O)OCC(=O)NCC(F)(F)F. The average molecular weight is 409 g/mol. The minimum atomic E-state index is -4.56. The van der Waals surface area contributed by atoms with Crippen molar-refractivity contribution in [1.29, 1.82) is 0 Å². The van der Waals surface area contributed by atoms with E-state index in [4.69, 9.17) is 16.3 Å². The van der Waals surface area contributed by atoms with Crippen LogP contribution in [0.3, 0.4) is 0 Å². The second-order valence-corrected chi connectivity index (χ2v) is 6.28. The normalized spacial score (nSPS) is 13.4. The number of esters is 1. The molecule has 0 heterocycles. The van der Waals surface area contributed by atoms with E-state index in [2.05, 4.69) is 5.32 Å². The molecule has 2 atom stereocenters.